The van der Waals surface area contributed by atoms with Gasteiger partial charge in [-0.25, -0.2) is 9.78 Å². The fourth-order valence-electron chi connectivity index (χ4n) is 1.34. The van der Waals surface area contributed by atoms with E-state index in [1.807, 2.05) is 13.0 Å². The summed E-state index contributed by atoms with van der Waals surface area (Å²) in [7, 11) is 0. The van der Waals surface area contributed by atoms with Crippen molar-refractivity contribution in [1.82, 2.24) is 9.97 Å². The van der Waals surface area contributed by atoms with Crippen molar-refractivity contribution < 1.29 is 9.90 Å². The number of benzene rings is 1. The summed E-state index contributed by atoms with van der Waals surface area (Å²) in [6.07, 6.45) is 0. The van der Waals surface area contributed by atoms with Crippen LogP contribution in [0, 0.1) is 6.92 Å². The van der Waals surface area contributed by atoms with E-state index in [0.717, 1.165) is 5.56 Å². The molecule has 0 aliphatic rings. The number of nitrogens with zero attached hydrogens (tertiary/aromatic N) is 1. The molecule has 0 unspecified atom stereocenters. The first-order valence-electron chi connectivity index (χ1n) is 4.32. The van der Waals surface area contributed by atoms with E-state index in [2.05, 4.69) is 9.97 Å². The van der Waals surface area contributed by atoms with Crippen LogP contribution < -0.4 is 5.56 Å². The largest absolute Gasteiger partial charge is 0.476 e. The molecule has 0 aliphatic carbocycles. The van der Waals surface area contributed by atoms with E-state index in [-0.39, 0.29) is 0 Å². The second-order valence-electron chi connectivity index (χ2n) is 3.24. The van der Waals surface area contributed by atoms with Gasteiger partial charge in [0.15, 0.2) is 0 Å². The Kier molecular flexibility index (Phi) is 2.00. The second-order valence-corrected chi connectivity index (χ2v) is 3.24. The van der Waals surface area contributed by atoms with Crippen LogP contribution >= 0.6 is 0 Å². The normalized spacial score (nSPS) is 10.5. The van der Waals surface area contributed by atoms with Gasteiger partial charge in [0.2, 0.25) is 5.69 Å². The number of aromatic amines is 1. The number of fused-ring (bicyclic) bond motifs is 1. The molecule has 2 rings (SSSR count). The number of aromatic carboxylic acids is 1. The van der Waals surface area contributed by atoms with Crippen molar-refractivity contribution in [2.75, 3.05) is 0 Å². The maximum atomic E-state index is 11.3. The molecule has 1 aromatic carbocycles. The van der Waals surface area contributed by atoms with Crippen molar-refractivity contribution in [2.24, 2.45) is 0 Å². The van der Waals surface area contributed by atoms with E-state index in [1.54, 1.807) is 12.1 Å². The number of nitrogens with one attached hydrogen (secondary N) is 1. The van der Waals surface area contributed by atoms with Gasteiger partial charge in [0.05, 0.1) is 11.0 Å². The van der Waals surface area contributed by atoms with E-state index >= 15 is 0 Å². The first kappa shape index (κ1) is 9.39. The van der Waals surface area contributed by atoms with Gasteiger partial charge in [0.25, 0.3) is 5.56 Å². The summed E-state index contributed by atoms with van der Waals surface area (Å²) < 4.78 is 0. The molecular formula is C10H8N2O3. The van der Waals surface area contributed by atoms with Crippen LogP contribution in [0.4, 0.5) is 0 Å². The minimum atomic E-state index is -1.32. The monoisotopic (exact) mass is 204 g/mol. The summed E-state index contributed by atoms with van der Waals surface area (Å²) in [5, 5.41) is 8.71. The molecule has 2 aromatic rings. The van der Waals surface area contributed by atoms with Gasteiger partial charge in [0, 0.05) is 0 Å². The Morgan fingerprint density at radius 1 is 1.47 bits per heavy atom. The fourth-order valence-corrected chi connectivity index (χ4v) is 1.34. The molecule has 0 fully saturated rings. The molecule has 0 saturated carbocycles. The van der Waals surface area contributed by atoms with E-state index in [1.165, 1.54) is 0 Å². The molecule has 0 aliphatic heterocycles. The maximum Gasteiger partial charge on any atom is 0.360 e. The molecule has 0 radical (unpaired) electrons. The maximum absolute atomic E-state index is 11.3. The van der Waals surface area contributed by atoms with Crippen LogP contribution in [0.2, 0.25) is 0 Å². The molecule has 5 nitrogen and oxygen atoms in total. The smallest absolute Gasteiger partial charge is 0.360 e. The van der Waals surface area contributed by atoms with Gasteiger partial charge in [-0.2, -0.15) is 0 Å². The molecule has 76 valence electrons. The fraction of sp³-hybridized carbons (Fsp3) is 0.100. The highest BCUT2D eigenvalue weighted by atomic mass is 16.4. The Labute approximate surface area is 84.4 Å². The number of rotatable bonds is 1. The average Bonchev–Trinajstić information content (AvgIpc) is 2.17. The van der Waals surface area contributed by atoms with Gasteiger partial charge in [-0.05, 0) is 24.6 Å². The van der Waals surface area contributed by atoms with Crippen LogP contribution in [0.3, 0.4) is 0 Å². The Morgan fingerprint density at radius 3 is 2.87 bits per heavy atom. The SMILES string of the molecule is Cc1ccc2[nH]c(=O)c(C(=O)O)nc2c1. The van der Waals surface area contributed by atoms with Crippen molar-refractivity contribution in [3.8, 4) is 0 Å². The summed E-state index contributed by atoms with van der Waals surface area (Å²) in [6, 6.07) is 5.24. The lowest BCUT2D eigenvalue weighted by molar-refractivity contribution is 0.0689. The molecule has 0 atom stereocenters. The number of carboxylic acids is 1. The quantitative estimate of drug-likeness (QED) is 0.723. The van der Waals surface area contributed by atoms with Gasteiger partial charge in [-0.15, -0.1) is 0 Å². The zero-order valence-electron chi connectivity index (χ0n) is 7.94. The minimum Gasteiger partial charge on any atom is -0.476 e. The van der Waals surface area contributed by atoms with Crippen LogP contribution in [0.25, 0.3) is 11.0 Å². The van der Waals surface area contributed by atoms with Crippen LogP contribution in [0.5, 0.6) is 0 Å². The van der Waals surface area contributed by atoms with E-state index < -0.39 is 17.2 Å². The summed E-state index contributed by atoms with van der Waals surface area (Å²) in [5.74, 6) is -1.32. The number of carboxylic acid groups (broad SMARTS) is 1. The summed E-state index contributed by atoms with van der Waals surface area (Å²) in [4.78, 5) is 28.2. The summed E-state index contributed by atoms with van der Waals surface area (Å²) in [6.45, 7) is 1.87. The van der Waals surface area contributed by atoms with Crippen LogP contribution in [0.15, 0.2) is 23.0 Å². The third-order valence-corrected chi connectivity index (χ3v) is 2.05. The van der Waals surface area contributed by atoms with E-state index in [4.69, 9.17) is 5.11 Å². The lowest BCUT2D eigenvalue weighted by Gasteiger charge is -1.99. The Morgan fingerprint density at radius 2 is 2.20 bits per heavy atom. The third kappa shape index (κ3) is 1.59. The van der Waals surface area contributed by atoms with E-state index in [0.29, 0.717) is 11.0 Å². The first-order valence-corrected chi connectivity index (χ1v) is 4.32. The molecular weight excluding hydrogens is 196 g/mol. The van der Waals surface area contributed by atoms with Crippen molar-refractivity contribution in [2.45, 2.75) is 6.92 Å². The standard InChI is InChI=1S/C10H8N2O3/c1-5-2-3-6-7(4-5)11-8(10(14)15)9(13)12-6/h2-4H,1H3,(H,12,13)(H,14,15). The van der Waals surface area contributed by atoms with Crippen molar-refractivity contribution in [3.63, 3.8) is 0 Å². The van der Waals surface area contributed by atoms with Crippen LogP contribution in [-0.4, -0.2) is 21.0 Å². The second kappa shape index (κ2) is 3.20. The molecule has 1 aromatic heterocycles. The number of aryl methyl sites for hydroxylation is 1. The molecule has 1 heterocycles. The Bertz CT molecular complexity index is 601. The highest BCUT2D eigenvalue weighted by Crippen LogP contribution is 2.09. The van der Waals surface area contributed by atoms with Gasteiger partial charge in [0.1, 0.15) is 0 Å². The predicted octanol–water partition coefficient (Wildman–Crippen LogP) is 0.930. The highest BCUT2D eigenvalue weighted by molar-refractivity contribution is 5.87. The highest BCUT2D eigenvalue weighted by Gasteiger charge is 2.11. The van der Waals surface area contributed by atoms with E-state index in [9.17, 15) is 9.59 Å². The number of aromatic nitrogens is 2. The molecule has 0 amide bonds. The first-order chi connectivity index (χ1) is 7.08. The zero-order chi connectivity index (χ0) is 11.0. The van der Waals surface area contributed by atoms with Crippen molar-refractivity contribution in [3.05, 3.63) is 39.8 Å². The molecule has 0 saturated heterocycles. The summed E-state index contributed by atoms with van der Waals surface area (Å²) >= 11 is 0. The molecule has 0 bridgehead atoms. The lowest BCUT2D eigenvalue weighted by atomic mass is 10.2. The number of hydrogen-bond acceptors (Lipinski definition) is 3. The molecule has 5 heteroatoms. The topological polar surface area (TPSA) is 83.0 Å². The Balaban J connectivity index is 2.83. The molecule has 2 N–H and O–H groups in total. The van der Waals surface area contributed by atoms with Gasteiger partial charge in [-0.1, -0.05) is 6.07 Å². The Hall–Kier alpha value is -2.17. The minimum absolute atomic E-state index is 0.479. The molecule has 0 spiro atoms. The predicted molar refractivity (Wildman–Crippen MR) is 54.1 cm³/mol. The number of carbonyl (C=O) groups is 1. The zero-order valence-corrected chi connectivity index (χ0v) is 7.94. The summed E-state index contributed by atoms with van der Waals surface area (Å²) in [5.41, 5.74) is 0.813. The van der Waals surface area contributed by atoms with Crippen LogP contribution in [0.1, 0.15) is 16.1 Å². The average molecular weight is 204 g/mol. The number of hydrogen-bond donors (Lipinski definition) is 2. The van der Waals surface area contributed by atoms with Gasteiger partial charge in [-0.3, -0.25) is 4.79 Å². The van der Waals surface area contributed by atoms with Crippen molar-refractivity contribution in [1.29, 1.82) is 0 Å². The lowest BCUT2D eigenvalue weighted by Crippen LogP contribution is -2.19. The third-order valence-electron chi connectivity index (χ3n) is 2.05. The van der Waals surface area contributed by atoms with Gasteiger partial charge < -0.3 is 10.1 Å². The van der Waals surface area contributed by atoms with Crippen LogP contribution in [-0.2, 0) is 0 Å². The molecule has 15 heavy (non-hydrogen) atoms. The van der Waals surface area contributed by atoms with Crippen molar-refractivity contribution >= 4 is 17.0 Å². The number of H-pyrrole nitrogens is 1. The van der Waals surface area contributed by atoms with Gasteiger partial charge >= 0.3 is 5.97 Å².